The Morgan fingerprint density at radius 3 is 2.83 bits per heavy atom. The lowest BCUT2D eigenvalue weighted by Gasteiger charge is -2.08. The van der Waals surface area contributed by atoms with E-state index in [1.165, 1.54) is 0 Å². The third-order valence-corrected chi connectivity index (χ3v) is 6.75. The summed E-state index contributed by atoms with van der Waals surface area (Å²) in [7, 11) is 0. The van der Waals surface area contributed by atoms with Gasteiger partial charge in [0.25, 0.3) is 0 Å². The van der Waals surface area contributed by atoms with Gasteiger partial charge >= 0.3 is 0 Å². The molecule has 0 spiro atoms. The molecule has 0 unspecified atom stereocenters. The van der Waals surface area contributed by atoms with Crippen LogP contribution in [0.4, 0.5) is 5.69 Å². The molecular weight excluding hydrogens is 470 g/mol. The van der Waals surface area contributed by atoms with Gasteiger partial charge in [0, 0.05) is 35.3 Å². The van der Waals surface area contributed by atoms with Crippen molar-refractivity contribution < 1.29 is 4.79 Å². The number of carbonyl (C=O) groups excluding carboxylic acids is 1. The smallest absolute Gasteiger partial charge is 0.224 e. The number of anilines is 1. The second-order valence-corrected chi connectivity index (χ2v) is 10.0. The molecular formula is C27H23N7OS. The first-order chi connectivity index (χ1) is 17.5. The standard InChI is InChI=1S/C27H23N7OS/c1-15(2)10-24(35)30-17-11-16(13-28-14-17)19-5-6-21-26(32-19)27(34-33-21)22-12-18-20(31-22)7-8-29-25(18)23-4-3-9-36-23/h3-9,11-15,31H,10H2,1-2H3,(H,30,35)(H,33,34). The van der Waals surface area contributed by atoms with Crippen LogP contribution in [0.25, 0.3) is 55.2 Å². The first-order valence-electron chi connectivity index (χ1n) is 11.7. The van der Waals surface area contributed by atoms with Crippen LogP contribution in [0.3, 0.4) is 0 Å². The summed E-state index contributed by atoms with van der Waals surface area (Å²) in [5.41, 5.74) is 7.32. The summed E-state index contributed by atoms with van der Waals surface area (Å²) in [6, 6.07) is 13.9. The van der Waals surface area contributed by atoms with Gasteiger partial charge in [-0.05, 0) is 47.7 Å². The second kappa shape index (κ2) is 9.01. The van der Waals surface area contributed by atoms with Gasteiger partial charge in [-0.3, -0.25) is 19.9 Å². The zero-order valence-corrected chi connectivity index (χ0v) is 20.6. The van der Waals surface area contributed by atoms with E-state index in [1.807, 2.05) is 50.4 Å². The molecule has 0 atom stereocenters. The van der Waals surface area contributed by atoms with Gasteiger partial charge in [0.15, 0.2) is 0 Å². The summed E-state index contributed by atoms with van der Waals surface area (Å²) in [5, 5.41) is 13.7. The van der Waals surface area contributed by atoms with Crippen molar-refractivity contribution in [2.24, 2.45) is 5.92 Å². The normalized spacial score (nSPS) is 11.5. The van der Waals surface area contributed by atoms with E-state index >= 15 is 0 Å². The average Bonchev–Trinajstić information content (AvgIpc) is 3.62. The van der Waals surface area contributed by atoms with E-state index in [-0.39, 0.29) is 11.8 Å². The average molecular weight is 494 g/mol. The number of nitrogens with one attached hydrogen (secondary N) is 3. The van der Waals surface area contributed by atoms with Crippen LogP contribution in [0.2, 0.25) is 0 Å². The molecule has 0 aromatic carbocycles. The quantitative estimate of drug-likeness (QED) is 0.253. The Bertz CT molecular complexity index is 1700. The van der Waals surface area contributed by atoms with Crippen LogP contribution < -0.4 is 5.32 Å². The van der Waals surface area contributed by atoms with Crippen LogP contribution in [-0.4, -0.2) is 36.0 Å². The Balaban J connectivity index is 1.38. The number of pyridine rings is 3. The number of nitrogens with zero attached hydrogens (tertiary/aromatic N) is 4. The van der Waals surface area contributed by atoms with E-state index in [9.17, 15) is 4.79 Å². The summed E-state index contributed by atoms with van der Waals surface area (Å²) >= 11 is 1.66. The highest BCUT2D eigenvalue weighted by Crippen LogP contribution is 2.34. The SMILES string of the molecule is CC(C)CC(=O)Nc1cncc(-c2ccc3[nH]nc(-c4cc5c(-c6cccs6)nccc5[nH]4)c3n2)c1. The summed E-state index contributed by atoms with van der Waals surface area (Å²) in [6.07, 6.45) is 5.67. The van der Waals surface area contributed by atoms with Crippen LogP contribution in [0, 0.1) is 5.92 Å². The number of rotatable bonds is 6. The van der Waals surface area contributed by atoms with Crippen molar-refractivity contribution in [3.8, 4) is 33.2 Å². The van der Waals surface area contributed by atoms with Crippen LogP contribution in [0.5, 0.6) is 0 Å². The molecule has 9 heteroatoms. The van der Waals surface area contributed by atoms with Gasteiger partial charge in [0.1, 0.15) is 11.2 Å². The molecule has 6 aromatic rings. The molecule has 6 rings (SSSR count). The van der Waals surface area contributed by atoms with E-state index in [0.29, 0.717) is 12.1 Å². The maximum Gasteiger partial charge on any atom is 0.224 e. The highest BCUT2D eigenvalue weighted by Gasteiger charge is 2.16. The number of amides is 1. The molecule has 0 radical (unpaired) electrons. The minimum absolute atomic E-state index is 0.0281. The predicted molar refractivity (Wildman–Crippen MR) is 144 cm³/mol. The van der Waals surface area contributed by atoms with E-state index in [0.717, 1.165) is 55.2 Å². The molecule has 3 N–H and O–H groups in total. The number of thiophene rings is 1. The number of aromatic nitrogens is 6. The number of hydrogen-bond donors (Lipinski definition) is 3. The summed E-state index contributed by atoms with van der Waals surface area (Å²) in [5.74, 6) is 0.256. The van der Waals surface area contributed by atoms with Crippen molar-refractivity contribution >= 4 is 44.9 Å². The summed E-state index contributed by atoms with van der Waals surface area (Å²) in [6.45, 7) is 4.03. The van der Waals surface area contributed by atoms with Crippen molar-refractivity contribution in [1.82, 2.24) is 30.1 Å². The first kappa shape index (κ1) is 22.1. The van der Waals surface area contributed by atoms with Crippen molar-refractivity contribution in [3.05, 3.63) is 66.4 Å². The fourth-order valence-electron chi connectivity index (χ4n) is 4.27. The van der Waals surface area contributed by atoms with Gasteiger partial charge in [-0.15, -0.1) is 11.3 Å². The van der Waals surface area contributed by atoms with Crippen LogP contribution in [0.15, 0.2) is 66.4 Å². The Kier molecular flexibility index (Phi) is 5.54. The fourth-order valence-corrected chi connectivity index (χ4v) is 5.00. The lowest BCUT2D eigenvalue weighted by Crippen LogP contribution is -2.13. The van der Waals surface area contributed by atoms with E-state index in [1.54, 1.807) is 23.7 Å². The van der Waals surface area contributed by atoms with Gasteiger partial charge in [-0.1, -0.05) is 19.9 Å². The molecule has 178 valence electrons. The zero-order chi connectivity index (χ0) is 24.6. The van der Waals surface area contributed by atoms with Crippen LogP contribution in [0.1, 0.15) is 20.3 Å². The highest BCUT2D eigenvalue weighted by molar-refractivity contribution is 7.13. The molecule has 8 nitrogen and oxygen atoms in total. The molecule has 0 saturated heterocycles. The predicted octanol–water partition coefficient (Wildman–Crippen LogP) is 6.28. The third-order valence-electron chi connectivity index (χ3n) is 5.88. The van der Waals surface area contributed by atoms with Crippen molar-refractivity contribution in [3.63, 3.8) is 0 Å². The molecule has 1 amide bonds. The summed E-state index contributed by atoms with van der Waals surface area (Å²) < 4.78 is 0. The van der Waals surface area contributed by atoms with Crippen LogP contribution in [-0.2, 0) is 4.79 Å². The Morgan fingerprint density at radius 2 is 2.00 bits per heavy atom. The number of carbonyl (C=O) groups is 1. The lowest BCUT2D eigenvalue weighted by atomic mass is 10.1. The molecule has 6 heterocycles. The fraction of sp³-hybridized carbons (Fsp3) is 0.148. The number of H-pyrrole nitrogens is 2. The molecule has 0 bridgehead atoms. The Hall–Kier alpha value is -4.37. The van der Waals surface area contributed by atoms with E-state index in [4.69, 9.17) is 4.98 Å². The third kappa shape index (κ3) is 4.14. The lowest BCUT2D eigenvalue weighted by molar-refractivity contribution is -0.116. The van der Waals surface area contributed by atoms with E-state index < -0.39 is 0 Å². The molecule has 0 aliphatic rings. The van der Waals surface area contributed by atoms with Crippen LogP contribution >= 0.6 is 11.3 Å². The topological polar surface area (TPSA) is 112 Å². The number of hydrogen-bond acceptors (Lipinski definition) is 6. The second-order valence-electron chi connectivity index (χ2n) is 9.05. The van der Waals surface area contributed by atoms with E-state index in [2.05, 4.69) is 48.0 Å². The minimum atomic E-state index is -0.0281. The molecule has 0 saturated carbocycles. The van der Waals surface area contributed by atoms with Gasteiger partial charge in [-0.25, -0.2) is 4.98 Å². The monoisotopic (exact) mass is 493 g/mol. The maximum absolute atomic E-state index is 12.2. The molecule has 0 fully saturated rings. The number of fused-ring (bicyclic) bond motifs is 2. The summed E-state index contributed by atoms with van der Waals surface area (Å²) in [4.78, 5) is 30.6. The first-order valence-corrected chi connectivity index (χ1v) is 12.6. The highest BCUT2D eigenvalue weighted by atomic mass is 32.1. The van der Waals surface area contributed by atoms with Crippen molar-refractivity contribution in [1.29, 1.82) is 0 Å². The molecule has 36 heavy (non-hydrogen) atoms. The molecule has 0 aliphatic heterocycles. The molecule has 6 aromatic heterocycles. The maximum atomic E-state index is 12.2. The Morgan fingerprint density at radius 1 is 1.08 bits per heavy atom. The van der Waals surface area contributed by atoms with Gasteiger partial charge < -0.3 is 10.3 Å². The largest absolute Gasteiger partial charge is 0.353 e. The number of aromatic amines is 2. The van der Waals surface area contributed by atoms with Gasteiger partial charge in [-0.2, -0.15) is 5.10 Å². The van der Waals surface area contributed by atoms with Crippen molar-refractivity contribution in [2.45, 2.75) is 20.3 Å². The minimum Gasteiger partial charge on any atom is -0.353 e. The Labute approximate surface area is 210 Å². The molecule has 0 aliphatic carbocycles. The van der Waals surface area contributed by atoms with Gasteiger partial charge in [0.05, 0.1) is 39.4 Å². The zero-order valence-electron chi connectivity index (χ0n) is 19.7. The van der Waals surface area contributed by atoms with Crippen molar-refractivity contribution in [2.75, 3.05) is 5.32 Å². The van der Waals surface area contributed by atoms with Gasteiger partial charge in [0.2, 0.25) is 5.91 Å².